The fourth-order valence-electron chi connectivity index (χ4n) is 3.72. The molecule has 0 radical (unpaired) electrons. The molecule has 1 heterocycles. The maximum absolute atomic E-state index is 13.2. The Morgan fingerprint density at radius 3 is 2.71 bits per heavy atom. The van der Waals surface area contributed by atoms with Gasteiger partial charge in [-0.2, -0.15) is 0 Å². The number of nitrogens with one attached hydrogen (secondary N) is 1. The third-order valence-corrected chi connectivity index (χ3v) is 6.57. The lowest BCUT2D eigenvalue weighted by Crippen LogP contribution is -2.54. The molecule has 2 amide bonds. The molecule has 2 aliphatic rings. The molecule has 0 bridgehead atoms. The van der Waals surface area contributed by atoms with E-state index in [2.05, 4.69) is 5.32 Å². The van der Waals surface area contributed by atoms with Crippen molar-refractivity contribution < 1.29 is 19.1 Å². The quantitative estimate of drug-likeness (QED) is 0.559. The summed E-state index contributed by atoms with van der Waals surface area (Å²) in [6, 6.07) is 7.78. The van der Waals surface area contributed by atoms with Gasteiger partial charge in [0.25, 0.3) is 5.91 Å². The minimum Gasteiger partial charge on any atom is -0.497 e. The van der Waals surface area contributed by atoms with Gasteiger partial charge in [0.1, 0.15) is 12.3 Å². The number of carbonyl (C=O) groups excluding carboxylic acids is 2. The van der Waals surface area contributed by atoms with E-state index in [1.165, 1.54) is 6.42 Å². The van der Waals surface area contributed by atoms with E-state index in [-0.39, 0.29) is 24.4 Å². The molecule has 2 unspecified atom stereocenters. The number of carbonyl (C=O) groups is 2. The monoisotopic (exact) mass is 404 g/mol. The van der Waals surface area contributed by atoms with E-state index < -0.39 is 0 Å². The molecule has 1 aromatic carbocycles. The highest BCUT2D eigenvalue weighted by molar-refractivity contribution is 8.04. The second-order valence-electron chi connectivity index (χ2n) is 7.07. The molecule has 1 saturated carbocycles. The summed E-state index contributed by atoms with van der Waals surface area (Å²) in [6.07, 6.45) is 6.24. The average Bonchev–Trinajstić information content (AvgIpc) is 2.72. The third kappa shape index (κ3) is 5.08. The summed E-state index contributed by atoms with van der Waals surface area (Å²) in [5, 5.41) is 3.18. The van der Waals surface area contributed by atoms with Gasteiger partial charge in [-0.15, -0.1) is 11.8 Å². The fraction of sp³-hybridized carbons (Fsp3) is 0.524. The highest BCUT2D eigenvalue weighted by Crippen LogP contribution is 2.42. The number of nitrogens with zero attached hydrogens (tertiary/aromatic N) is 1. The van der Waals surface area contributed by atoms with E-state index in [1.54, 1.807) is 30.9 Å². The van der Waals surface area contributed by atoms with Crippen LogP contribution in [0.4, 0.5) is 0 Å². The molecule has 1 aromatic rings. The Hall–Kier alpha value is -1.99. The van der Waals surface area contributed by atoms with Crippen molar-refractivity contribution in [2.75, 3.05) is 33.9 Å². The SMILES string of the molecule is COCCNC(=O)CN1C(=O)/C(=C/c2ccc(OC)cc2)SC2CCCCC21. The first-order chi connectivity index (χ1) is 13.6. The van der Waals surface area contributed by atoms with E-state index in [1.807, 2.05) is 30.3 Å². The van der Waals surface area contributed by atoms with Crippen LogP contribution in [0.1, 0.15) is 31.2 Å². The molecule has 2 fully saturated rings. The zero-order valence-electron chi connectivity index (χ0n) is 16.5. The number of fused-ring (bicyclic) bond motifs is 1. The highest BCUT2D eigenvalue weighted by atomic mass is 32.2. The van der Waals surface area contributed by atoms with Crippen molar-refractivity contribution in [3.8, 4) is 5.75 Å². The molecule has 1 aliphatic heterocycles. The second kappa shape index (κ2) is 9.98. The second-order valence-corrected chi connectivity index (χ2v) is 8.35. The third-order valence-electron chi connectivity index (χ3n) is 5.17. The van der Waals surface area contributed by atoms with Crippen LogP contribution in [0.25, 0.3) is 6.08 Å². The van der Waals surface area contributed by atoms with Crippen molar-refractivity contribution in [3.05, 3.63) is 34.7 Å². The Morgan fingerprint density at radius 1 is 1.25 bits per heavy atom. The summed E-state index contributed by atoms with van der Waals surface area (Å²) in [7, 11) is 3.23. The van der Waals surface area contributed by atoms with Gasteiger partial charge in [-0.25, -0.2) is 0 Å². The molecule has 28 heavy (non-hydrogen) atoms. The number of benzene rings is 1. The topological polar surface area (TPSA) is 67.9 Å². The molecular formula is C21H28N2O4S. The van der Waals surface area contributed by atoms with E-state index in [0.29, 0.717) is 23.3 Å². The van der Waals surface area contributed by atoms with E-state index in [9.17, 15) is 9.59 Å². The van der Waals surface area contributed by atoms with Gasteiger partial charge in [-0.1, -0.05) is 25.0 Å². The van der Waals surface area contributed by atoms with Crippen molar-refractivity contribution in [2.24, 2.45) is 0 Å². The summed E-state index contributed by atoms with van der Waals surface area (Å²) in [4.78, 5) is 28.0. The summed E-state index contributed by atoms with van der Waals surface area (Å²) in [6.45, 7) is 1.02. The number of hydrogen-bond donors (Lipinski definition) is 1. The van der Waals surface area contributed by atoms with Crippen LogP contribution in [0, 0.1) is 0 Å². The van der Waals surface area contributed by atoms with Crippen LogP contribution in [-0.4, -0.2) is 61.9 Å². The molecule has 0 aromatic heterocycles. The van der Waals surface area contributed by atoms with Crippen molar-refractivity contribution >= 4 is 29.7 Å². The van der Waals surface area contributed by atoms with Crippen molar-refractivity contribution in [1.29, 1.82) is 0 Å². The van der Waals surface area contributed by atoms with Crippen molar-refractivity contribution in [3.63, 3.8) is 0 Å². The predicted molar refractivity (Wildman–Crippen MR) is 111 cm³/mol. The van der Waals surface area contributed by atoms with Gasteiger partial charge in [-0.05, 0) is 36.6 Å². The number of hydrogen-bond acceptors (Lipinski definition) is 5. The zero-order valence-corrected chi connectivity index (χ0v) is 17.3. The first-order valence-electron chi connectivity index (χ1n) is 9.71. The molecule has 152 valence electrons. The standard InChI is InChI=1S/C21H28N2O4S/c1-26-12-11-22-20(24)14-23-17-5-3-4-6-18(17)28-19(21(23)25)13-15-7-9-16(27-2)10-8-15/h7-10,13,17-18H,3-6,11-12,14H2,1-2H3,(H,22,24)/b19-13-. The van der Waals surface area contributed by atoms with Crippen LogP contribution in [0.15, 0.2) is 29.2 Å². The Morgan fingerprint density at radius 2 is 2.00 bits per heavy atom. The van der Waals surface area contributed by atoms with Crippen LogP contribution in [0.2, 0.25) is 0 Å². The van der Waals surface area contributed by atoms with Gasteiger partial charge in [0.15, 0.2) is 0 Å². The van der Waals surface area contributed by atoms with E-state index >= 15 is 0 Å². The van der Waals surface area contributed by atoms with Crippen LogP contribution >= 0.6 is 11.8 Å². The summed E-state index contributed by atoms with van der Waals surface area (Å²) in [5.74, 6) is 0.600. The predicted octanol–water partition coefficient (Wildman–Crippen LogP) is 2.69. The lowest BCUT2D eigenvalue weighted by Gasteiger charge is -2.43. The minimum absolute atomic E-state index is 0.0501. The van der Waals surface area contributed by atoms with Gasteiger partial charge in [-0.3, -0.25) is 9.59 Å². The Bertz CT molecular complexity index is 720. The van der Waals surface area contributed by atoms with Crippen molar-refractivity contribution in [2.45, 2.75) is 37.0 Å². The van der Waals surface area contributed by atoms with Crippen LogP contribution in [0.3, 0.4) is 0 Å². The van der Waals surface area contributed by atoms with Crippen LogP contribution in [-0.2, 0) is 14.3 Å². The van der Waals surface area contributed by atoms with Gasteiger partial charge in [0.2, 0.25) is 5.91 Å². The molecule has 0 spiro atoms. The lowest BCUT2D eigenvalue weighted by molar-refractivity contribution is -0.135. The number of methoxy groups -OCH3 is 2. The minimum atomic E-state index is -0.134. The molecule has 1 N–H and O–H groups in total. The number of thioether (sulfide) groups is 1. The molecule has 3 rings (SSSR count). The molecule has 1 saturated heterocycles. The van der Waals surface area contributed by atoms with Gasteiger partial charge in [0, 0.05) is 24.9 Å². The Kier molecular flexibility index (Phi) is 7.39. The number of amides is 2. The van der Waals surface area contributed by atoms with E-state index in [4.69, 9.17) is 9.47 Å². The molecule has 7 heteroatoms. The Balaban J connectivity index is 1.77. The molecule has 2 atom stereocenters. The maximum Gasteiger partial charge on any atom is 0.261 e. The van der Waals surface area contributed by atoms with E-state index in [0.717, 1.165) is 30.6 Å². The number of rotatable bonds is 7. The zero-order chi connectivity index (χ0) is 19.9. The number of ether oxygens (including phenoxy) is 2. The van der Waals surface area contributed by atoms with Gasteiger partial charge in [0.05, 0.1) is 18.6 Å². The summed E-state index contributed by atoms with van der Waals surface area (Å²) in [5.41, 5.74) is 0.954. The van der Waals surface area contributed by atoms with Crippen LogP contribution < -0.4 is 10.1 Å². The normalized spacial score (nSPS) is 23.4. The highest BCUT2D eigenvalue weighted by Gasteiger charge is 2.41. The summed E-state index contributed by atoms with van der Waals surface area (Å²) >= 11 is 1.67. The molecule has 6 nitrogen and oxygen atoms in total. The largest absolute Gasteiger partial charge is 0.497 e. The van der Waals surface area contributed by atoms with Gasteiger partial charge < -0.3 is 19.7 Å². The first kappa shape index (κ1) is 20.7. The smallest absolute Gasteiger partial charge is 0.261 e. The fourth-order valence-corrected chi connectivity index (χ4v) is 5.19. The van der Waals surface area contributed by atoms with Crippen molar-refractivity contribution in [1.82, 2.24) is 10.2 Å². The Labute approximate surface area is 170 Å². The molecular weight excluding hydrogens is 376 g/mol. The summed E-state index contributed by atoms with van der Waals surface area (Å²) < 4.78 is 10.2. The maximum atomic E-state index is 13.2. The average molecular weight is 405 g/mol. The van der Waals surface area contributed by atoms with Gasteiger partial charge >= 0.3 is 0 Å². The molecule has 1 aliphatic carbocycles. The van der Waals surface area contributed by atoms with Crippen LogP contribution in [0.5, 0.6) is 5.75 Å². The lowest BCUT2D eigenvalue weighted by atomic mass is 9.93. The first-order valence-corrected chi connectivity index (χ1v) is 10.6.